The number of amides is 1. The summed E-state index contributed by atoms with van der Waals surface area (Å²) in [6.07, 6.45) is 0. The van der Waals surface area contributed by atoms with Gasteiger partial charge in [0.15, 0.2) is 5.69 Å². The molecule has 0 saturated heterocycles. The van der Waals surface area contributed by atoms with Crippen LogP contribution in [0.5, 0.6) is 0 Å². The Hall–Kier alpha value is -3.16. The number of para-hydroxylation sites is 2. The number of H-pyrrole nitrogens is 2. The van der Waals surface area contributed by atoms with E-state index in [-0.39, 0.29) is 18.1 Å². The molecule has 2 heterocycles. The molecule has 0 spiro atoms. The van der Waals surface area contributed by atoms with Crippen molar-refractivity contribution < 1.29 is 9.72 Å². The number of nitro groups is 1. The highest BCUT2D eigenvalue weighted by atomic mass is 16.6. The van der Waals surface area contributed by atoms with E-state index in [0.717, 1.165) is 11.0 Å². The standard InChI is InChI=1S/C13H11N5O3/c19-13(10-5-6-12(17-10)18(20)21)14-7-11-15-8-3-1-2-4-9(8)16-11/h1-6,17H,7H2,(H,14,19)(H,15,16). The molecule has 0 bridgehead atoms. The number of carbonyl (C=O) groups is 1. The number of hydrogen-bond acceptors (Lipinski definition) is 4. The third-order valence-electron chi connectivity index (χ3n) is 2.97. The summed E-state index contributed by atoms with van der Waals surface area (Å²) in [5.74, 6) is -0.0296. The largest absolute Gasteiger partial charge is 0.358 e. The zero-order valence-electron chi connectivity index (χ0n) is 10.8. The summed E-state index contributed by atoms with van der Waals surface area (Å²) in [6.45, 7) is 0.209. The van der Waals surface area contributed by atoms with Crippen LogP contribution in [0.1, 0.15) is 16.3 Å². The predicted octanol–water partition coefficient (Wildman–Crippen LogP) is 1.73. The number of hydrogen-bond donors (Lipinski definition) is 3. The lowest BCUT2D eigenvalue weighted by Crippen LogP contribution is -2.23. The Morgan fingerprint density at radius 3 is 2.76 bits per heavy atom. The SMILES string of the molecule is O=C(NCc1nc2ccccc2[nH]1)c1ccc([N+](=O)[O-])[nH]1. The summed E-state index contributed by atoms with van der Waals surface area (Å²) < 4.78 is 0. The van der Waals surface area contributed by atoms with Crippen LogP contribution in [-0.4, -0.2) is 25.8 Å². The quantitative estimate of drug-likeness (QED) is 0.499. The van der Waals surface area contributed by atoms with E-state index in [2.05, 4.69) is 20.3 Å². The Balaban J connectivity index is 1.68. The topological polar surface area (TPSA) is 117 Å². The van der Waals surface area contributed by atoms with Gasteiger partial charge in [-0.2, -0.15) is 0 Å². The van der Waals surface area contributed by atoms with Crippen LogP contribution in [0.3, 0.4) is 0 Å². The van der Waals surface area contributed by atoms with E-state index in [1.807, 2.05) is 24.3 Å². The molecule has 0 atom stereocenters. The first-order valence-electron chi connectivity index (χ1n) is 6.19. The third-order valence-corrected chi connectivity index (χ3v) is 2.97. The number of carbonyl (C=O) groups excluding carboxylic acids is 1. The maximum atomic E-state index is 11.9. The van der Waals surface area contributed by atoms with Gasteiger partial charge in [0, 0.05) is 6.07 Å². The maximum Gasteiger partial charge on any atom is 0.321 e. The molecule has 8 heteroatoms. The van der Waals surface area contributed by atoms with Crippen LogP contribution in [0.4, 0.5) is 5.82 Å². The average molecular weight is 285 g/mol. The van der Waals surface area contributed by atoms with Crippen molar-refractivity contribution in [3.63, 3.8) is 0 Å². The number of benzene rings is 1. The van der Waals surface area contributed by atoms with Gasteiger partial charge >= 0.3 is 5.82 Å². The molecule has 2 aromatic heterocycles. The highest BCUT2D eigenvalue weighted by Gasteiger charge is 2.15. The summed E-state index contributed by atoms with van der Waals surface area (Å²) in [7, 11) is 0. The molecular formula is C13H11N5O3. The van der Waals surface area contributed by atoms with Gasteiger partial charge < -0.3 is 20.4 Å². The van der Waals surface area contributed by atoms with E-state index in [0.29, 0.717) is 5.82 Å². The Labute approximate surface area is 118 Å². The summed E-state index contributed by atoms with van der Waals surface area (Å²) in [5, 5.41) is 13.2. The first-order valence-corrected chi connectivity index (χ1v) is 6.19. The molecule has 8 nitrogen and oxygen atoms in total. The molecule has 1 amide bonds. The van der Waals surface area contributed by atoms with Gasteiger partial charge in [0.1, 0.15) is 5.82 Å². The summed E-state index contributed by atoms with van der Waals surface area (Å²) in [6, 6.07) is 10.1. The number of nitrogens with one attached hydrogen (secondary N) is 3. The number of fused-ring (bicyclic) bond motifs is 1. The molecule has 0 unspecified atom stereocenters. The van der Waals surface area contributed by atoms with Crippen LogP contribution in [0, 0.1) is 10.1 Å². The van der Waals surface area contributed by atoms with Crippen LogP contribution in [0.2, 0.25) is 0 Å². The zero-order valence-corrected chi connectivity index (χ0v) is 10.8. The molecule has 106 valence electrons. The second kappa shape index (κ2) is 5.08. The highest BCUT2D eigenvalue weighted by Crippen LogP contribution is 2.11. The van der Waals surface area contributed by atoms with Gasteiger partial charge in [0.05, 0.1) is 17.6 Å². The number of aromatic amines is 2. The lowest BCUT2D eigenvalue weighted by molar-refractivity contribution is -0.389. The Kier molecular flexibility index (Phi) is 3.11. The normalized spacial score (nSPS) is 10.7. The maximum absolute atomic E-state index is 11.9. The third kappa shape index (κ3) is 2.59. The molecular weight excluding hydrogens is 274 g/mol. The molecule has 0 aliphatic heterocycles. The molecule has 0 fully saturated rings. The zero-order chi connectivity index (χ0) is 14.8. The molecule has 1 aromatic carbocycles. The van der Waals surface area contributed by atoms with Gasteiger partial charge in [-0.05, 0) is 23.1 Å². The van der Waals surface area contributed by atoms with Crippen LogP contribution < -0.4 is 5.32 Å². The molecule has 0 aliphatic rings. The summed E-state index contributed by atoms with van der Waals surface area (Å²) in [5.41, 5.74) is 1.84. The number of imidazole rings is 1. The van der Waals surface area contributed by atoms with Gasteiger partial charge in [-0.15, -0.1) is 0 Å². The monoisotopic (exact) mass is 285 g/mol. The molecule has 21 heavy (non-hydrogen) atoms. The van der Waals surface area contributed by atoms with Crippen molar-refractivity contribution in [1.29, 1.82) is 0 Å². The lowest BCUT2D eigenvalue weighted by Gasteiger charge is -1.98. The van der Waals surface area contributed by atoms with Gasteiger partial charge in [-0.3, -0.25) is 4.79 Å². The van der Waals surface area contributed by atoms with Crippen molar-refractivity contribution in [1.82, 2.24) is 20.3 Å². The van der Waals surface area contributed by atoms with Crippen LogP contribution >= 0.6 is 0 Å². The van der Waals surface area contributed by atoms with E-state index in [9.17, 15) is 14.9 Å². The first-order chi connectivity index (χ1) is 10.1. The van der Waals surface area contributed by atoms with Gasteiger partial charge in [-0.1, -0.05) is 12.1 Å². The van der Waals surface area contributed by atoms with Crippen molar-refractivity contribution in [2.45, 2.75) is 6.54 Å². The predicted molar refractivity (Wildman–Crippen MR) is 74.7 cm³/mol. The van der Waals surface area contributed by atoms with E-state index < -0.39 is 10.8 Å². The Bertz CT molecular complexity index is 787. The molecule has 3 rings (SSSR count). The Morgan fingerprint density at radius 2 is 2.05 bits per heavy atom. The minimum Gasteiger partial charge on any atom is -0.358 e. The highest BCUT2D eigenvalue weighted by molar-refractivity contribution is 5.92. The fourth-order valence-electron chi connectivity index (χ4n) is 1.97. The minimum absolute atomic E-state index is 0.137. The number of aromatic nitrogens is 3. The van der Waals surface area contributed by atoms with E-state index >= 15 is 0 Å². The second-order valence-electron chi connectivity index (χ2n) is 4.40. The van der Waals surface area contributed by atoms with E-state index in [1.54, 1.807) is 0 Å². The molecule has 3 aromatic rings. The first kappa shape index (κ1) is 12.9. The van der Waals surface area contributed by atoms with Crippen LogP contribution in [0.25, 0.3) is 11.0 Å². The fraction of sp³-hybridized carbons (Fsp3) is 0.0769. The number of rotatable bonds is 4. The van der Waals surface area contributed by atoms with Crippen LogP contribution in [-0.2, 0) is 6.54 Å². The van der Waals surface area contributed by atoms with Gasteiger partial charge in [-0.25, -0.2) is 9.97 Å². The van der Waals surface area contributed by atoms with Crippen molar-refractivity contribution in [3.8, 4) is 0 Å². The minimum atomic E-state index is -0.587. The average Bonchev–Trinajstić information content (AvgIpc) is 3.11. The van der Waals surface area contributed by atoms with Gasteiger partial charge in [0.25, 0.3) is 5.91 Å². The van der Waals surface area contributed by atoms with Crippen LogP contribution in [0.15, 0.2) is 36.4 Å². The van der Waals surface area contributed by atoms with Crippen molar-refractivity contribution in [3.05, 3.63) is 58.0 Å². The summed E-state index contributed by atoms with van der Waals surface area (Å²) >= 11 is 0. The van der Waals surface area contributed by atoms with Crippen molar-refractivity contribution >= 4 is 22.8 Å². The smallest absolute Gasteiger partial charge is 0.321 e. The lowest BCUT2D eigenvalue weighted by atomic mass is 10.3. The molecule has 0 radical (unpaired) electrons. The van der Waals surface area contributed by atoms with E-state index in [4.69, 9.17) is 0 Å². The van der Waals surface area contributed by atoms with Gasteiger partial charge in [0.2, 0.25) is 0 Å². The second-order valence-corrected chi connectivity index (χ2v) is 4.40. The molecule has 3 N–H and O–H groups in total. The molecule has 0 saturated carbocycles. The Morgan fingerprint density at radius 1 is 1.24 bits per heavy atom. The van der Waals surface area contributed by atoms with Crippen molar-refractivity contribution in [2.75, 3.05) is 0 Å². The fourth-order valence-corrected chi connectivity index (χ4v) is 1.97. The number of nitrogens with zero attached hydrogens (tertiary/aromatic N) is 2. The molecule has 0 aliphatic carbocycles. The van der Waals surface area contributed by atoms with Crippen molar-refractivity contribution in [2.24, 2.45) is 0 Å². The van der Waals surface area contributed by atoms with E-state index in [1.165, 1.54) is 12.1 Å². The summed E-state index contributed by atoms with van der Waals surface area (Å²) in [4.78, 5) is 31.7.